The highest BCUT2D eigenvalue weighted by molar-refractivity contribution is 6.08. The molecule has 0 saturated heterocycles. The summed E-state index contributed by atoms with van der Waals surface area (Å²) >= 11 is 0. The monoisotopic (exact) mass is 346 g/mol. The van der Waals surface area contributed by atoms with Crippen molar-refractivity contribution in [3.8, 4) is 0 Å². The molecule has 3 aliphatic rings. The molecule has 0 spiro atoms. The van der Waals surface area contributed by atoms with Crippen molar-refractivity contribution in [2.45, 2.75) is 19.9 Å². The lowest BCUT2D eigenvalue weighted by Crippen LogP contribution is -2.38. The molecular weight excluding hydrogens is 328 g/mol. The van der Waals surface area contributed by atoms with E-state index in [9.17, 15) is 9.59 Å². The largest absolute Gasteiger partial charge is 0.355 e. The molecule has 0 saturated carbocycles. The molecule has 0 fully saturated rings. The number of rotatable bonds is 3. The second kappa shape index (κ2) is 6.52. The van der Waals surface area contributed by atoms with Gasteiger partial charge in [-0.2, -0.15) is 0 Å². The van der Waals surface area contributed by atoms with Gasteiger partial charge < -0.3 is 15.2 Å². The van der Waals surface area contributed by atoms with Crippen molar-refractivity contribution in [2.75, 3.05) is 18.4 Å². The Hall–Kier alpha value is -3.33. The number of amides is 1. The van der Waals surface area contributed by atoms with Gasteiger partial charge in [0.2, 0.25) is 5.91 Å². The molecule has 130 valence electrons. The van der Waals surface area contributed by atoms with E-state index in [1.54, 1.807) is 17.2 Å². The van der Waals surface area contributed by atoms with Gasteiger partial charge in [-0.15, -0.1) is 0 Å². The van der Waals surface area contributed by atoms with E-state index in [1.165, 1.54) is 6.92 Å². The van der Waals surface area contributed by atoms with Crippen LogP contribution >= 0.6 is 0 Å². The highest BCUT2D eigenvalue weighted by Crippen LogP contribution is 2.36. The van der Waals surface area contributed by atoms with E-state index >= 15 is 0 Å². The molecule has 6 nitrogen and oxygen atoms in total. The lowest BCUT2D eigenvalue weighted by Gasteiger charge is -2.25. The molecule has 2 N–H and O–H groups in total. The molecule has 0 unspecified atom stereocenters. The van der Waals surface area contributed by atoms with Gasteiger partial charge >= 0.3 is 0 Å². The number of anilines is 1. The number of nitrogens with zero attached hydrogens (tertiary/aromatic N) is 2. The van der Waals surface area contributed by atoms with Gasteiger partial charge in [0.05, 0.1) is 35.7 Å². The van der Waals surface area contributed by atoms with Gasteiger partial charge in [-0.25, -0.2) is 0 Å². The topological polar surface area (TPSA) is 77.6 Å². The summed E-state index contributed by atoms with van der Waals surface area (Å²) in [6.45, 7) is 2.69. The van der Waals surface area contributed by atoms with Crippen LogP contribution in [-0.4, -0.2) is 40.9 Å². The summed E-state index contributed by atoms with van der Waals surface area (Å²) in [5.41, 5.74) is 10.7. The highest BCUT2D eigenvalue weighted by Gasteiger charge is 2.32. The van der Waals surface area contributed by atoms with E-state index in [-0.39, 0.29) is 18.2 Å². The molecule has 0 aromatic carbocycles. The maximum absolute atomic E-state index is 12.8. The van der Waals surface area contributed by atoms with Crippen LogP contribution in [0.4, 0.5) is 5.69 Å². The van der Waals surface area contributed by atoms with Crippen LogP contribution in [0.3, 0.4) is 0 Å². The normalized spacial score (nSPS) is 17.9. The van der Waals surface area contributed by atoms with Crippen molar-refractivity contribution in [2.24, 2.45) is 4.99 Å². The number of ketones is 1. The van der Waals surface area contributed by atoms with E-state index in [1.807, 2.05) is 18.2 Å². The summed E-state index contributed by atoms with van der Waals surface area (Å²) in [5.74, 6) is -0.180. The predicted molar refractivity (Wildman–Crippen MR) is 100 cm³/mol. The maximum atomic E-state index is 12.8. The summed E-state index contributed by atoms with van der Waals surface area (Å²) in [6.07, 6.45) is 10.1. The lowest BCUT2D eigenvalue weighted by atomic mass is 10.0. The zero-order chi connectivity index (χ0) is 18.1. The van der Waals surface area contributed by atoms with Crippen LogP contribution < -0.4 is 5.32 Å². The molecule has 6 heteroatoms. The third-order valence-electron chi connectivity index (χ3n) is 4.61. The zero-order valence-electron chi connectivity index (χ0n) is 14.4. The minimum Gasteiger partial charge on any atom is -0.355 e. The number of aromatic amines is 1. The quantitative estimate of drug-likeness (QED) is 0.826. The van der Waals surface area contributed by atoms with Gasteiger partial charge in [-0.05, 0) is 36.0 Å². The molecule has 1 aliphatic carbocycles. The van der Waals surface area contributed by atoms with Crippen LogP contribution in [0.1, 0.15) is 35.1 Å². The van der Waals surface area contributed by atoms with Crippen LogP contribution in [0.25, 0.3) is 5.57 Å². The summed E-state index contributed by atoms with van der Waals surface area (Å²) in [6, 6.07) is 0. The minimum atomic E-state index is -0.107. The van der Waals surface area contributed by atoms with E-state index < -0.39 is 0 Å². The summed E-state index contributed by atoms with van der Waals surface area (Å²) in [5, 5.41) is 3.32. The van der Waals surface area contributed by atoms with E-state index in [0.717, 1.165) is 34.8 Å². The van der Waals surface area contributed by atoms with E-state index in [0.29, 0.717) is 18.7 Å². The number of allylic oxidation sites excluding steroid dienone is 4. The van der Waals surface area contributed by atoms with Crippen molar-refractivity contribution >= 4 is 29.2 Å². The van der Waals surface area contributed by atoms with Gasteiger partial charge in [0.1, 0.15) is 0 Å². The fourth-order valence-electron chi connectivity index (χ4n) is 3.32. The fourth-order valence-corrected chi connectivity index (χ4v) is 3.32. The summed E-state index contributed by atoms with van der Waals surface area (Å²) in [4.78, 5) is 33.7. The van der Waals surface area contributed by atoms with Crippen molar-refractivity contribution in [3.05, 3.63) is 58.4 Å². The molecule has 1 aromatic rings. The Labute approximate surface area is 151 Å². The first-order valence-electron chi connectivity index (χ1n) is 8.52. The molecule has 26 heavy (non-hydrogen) atoms. The molecule has 2 aliphatic heterocycles. The molecule has 0 bridgehead atoms. The van der Waals surface area contributed by atoms with Crippen molar-refractivity contribution in [3.63, 3.8) is 0 Å². The number of aliphatic imine (C=N–C) groups is 1. The SMILES string of the molecule is CC(=O)N1CC(=O)c2c([nH]c(C3=CC=NCC3)c2NC2=C=C=CC=C2)C1. The molecule has 3 heterocycles. The number of carbonyl (C=O) groups is 2. The molecular formula is C20H18N4O2. The number of aromatic nitrogens is 1. The Kier molecular flexibility index (Phi) is 4.05. The van der Waals surface area contributed by atoms with Crippen LogP contribution in [0.15, 0.2) is 46.5 Å². The van der Waals surface area contributed by atoms with E-state index in [2.05, 4.69) is 26.8 Å². The molecule has 0 atom stereocenters. The number of dihydropyridines is 1. The van der Waals surface area contributed by atoms with Crippen LogP contribution in [-0.2, 0) is 11.3 Å². The van der Waals surface area contributed by atoms with Gasteiger partial charge in [-0.1, -0.05) is 11.8 Å². The minimum absolute atomic E-state index is 0.0727. The van der Waals surface area contributed by atoms with Gasteiger partial charge in [0.25, 0.3) is 0 Å². The average molecular weight is 346 g/mol. The number of fused-ring (bicyclic) bond motifs is 1. The first-order valence-corrected chi connectivity index (χ1v) is 8.52. The number of H-pyrrole nitrogens is 1. The first-order chi connectivity index (χ1) is 12.6. The number of Topliss-reactive ketones (excluding diaryl/α,β-unsaturated/α-hetero) is 1. The summed E-state index contributed by atoms with van der Waals surface area (Å²) in [7, 11) is 0. The van der Waals surface area contributed by atoms with Crippen molar-refractivity contribution in [1.29, 1.82) is 0 Å². The highest BCUT2D eigenvalue weighted by atomic mass is 16.2. The Morgan fingerprint density at radius 1 is 1.38 bits per heavy atom. The third kappa shape index (κ3) is 2.88. The van der Waals surface area contributed by atoms with E-state index in [4.69, 9.17) is 0 Å². The molecule has 1 amide bonds. The van der Waals surface area contributed by atoms with Gasteiger partial charge in [0.15, 0.2) is 5.78 Å². The Bertz CT molecular complexity index is 993. The number of hydrogen-bond acceptors (Lipinski definition) is 4. The Morgan fingerprint density at radius 2 is 2.27 bits per heavy atom. The first kappa shape index (κ1) is 16.2. The molecule has 4 rings (SSSR count). The number of hydrogen-bond donors (Lipinski definition) is 2. The van der Waals surface area contributed by atoms with Crippen molar-refractivity contribution < 1.29 is 9.59 Å². The standard InChI is InChI=1S/C20H18N4O2/c1-13(25)24-11-16-18(17(26)12-24)20(22-15-5-3-2-4-6-15)19(23-16)14-7-9-21-10-8-14/h2-3,5,7,9,22-23H,8,10-12H2,1H3. The van der Waals surface area contributed by atoms with Crippen LogP contribution in [0, 0.1) is 0 Å². The van der Waals surface area contributed by atoms with Gasteiger partial charge in [-0.3, -0.25) is 14.6 Å². The lowest BCUT2D eigenvalue weighted by molar-refractivity contribution is -0.129. The third-order valence-corrected chi connectivity index (χ3v) is 4.61. The average Bonchev–Trinajstić information content (AvgIpc) is 3.02. The smallest absolute Gasteiger partial charge is 0.220 e. The van der Waals surface area contributed by atoms with Crippen LogP contribution in [0.2, 0.25) is 0 Å². The second-order valence-electron chi connectivity index (χ2n) is 6.36. The predicted octanol–water partition coefficient (Wildman–Crippen LogP) is 2.59. The second-order valence-corrected chi connectivity index (χ2v) is 6.36. The Balaban J connectivity index is 1.83. The van der Waals surface area contributed by atoms with Crippen LogP contribution in [0.5, 0.6) is 0 Å². The van der Waals surface area contributed by atoms with Crippen molar-refractivity contribution in [1.82, 2.24) is 9.88 Å². The maximum Gasteiger partial charge on any atom is 0.220 e. The van der Waals surface area contributed by atoms with Gasteiger partial charge in [0, 0.05) is 25.4 Å². The number of nitrogens with one attached hydrogen (secondary N) is 2. The molecule has 0 radical (unpaired) electrons. The zero-order valence-corrected chi connectivity index (χ0v) is 14.4. The molecule has 1 aromatic heterocycles. The fraction of sp³-hybridized carbons (Fsp3) is 0.250. The number of carbonyl (C=O) groups excluding carboxylic acids is 2. The Morgan fingerprint density at radius 3 is 2.96 bits per heavy atom. The summed E-state index contributed by atoms with van der Waals surface area (Å²) < 4.78 is 0.